The molecule has 0 atom stereocenters. The van der Waals surface area contributed by atoms with Crippen molar-refractivity contribution in [3.8, 4) is 0 Å². The molecular weight excluding hydrogens is 222 g/mol. The molecule has 92 valence electrons. The highest BCUT2D eigenvalue weighted by Gasteiger charge is 2.39. The molecule has 17 heavy (non-hydrogen) atoms. The van der Waals surface area contributed by atoms with Crippen LogP contribution < -0.4 is 10.2 Å². The van der Waals surface area contributed by atoms with Crippen LogP contribution >= 0.6 is 0 Å². The van der Waals surface area contributed by atoms with Gasteiger partial charge in [-0.3, -0.25) is 0 Å². The van der Waals surface area contributed by atoms with Crippen molar-refractivity contribution < 1.29 is 8.78 Å². The van der Waals surface area contributed by atoms with Gasteiger partial charge in [0, 0.05) is 37.9 Å². The molecule has 2 fully saturated rings. The minimum absolute atomic E-state index is 0.461. The van der Waals surface area contributed by atoms with Crippen LogP contribution in [0.5, 0.6) is 0 Å². The second-order valence-corrected chi connectivity index (χ2v) is 5.22. The van der Waals surface area contributed by atoms with E-state index < -0.39 is 11.6 Å². The Bertz CT molecular complexity index is 399. The van der Waals surface area contributed by atoms with E-state index in [0.717, 1.165) is 45.1 Å². The Morgan fingerprint density at radius 2 is 1.59 bits per heavy atom. The molecule has 1 aromatic rings. The summed E-state index contributed by atoms with van der Waals surface area (Å²) < 4.78 is 26.3. The van der Waals surface area contributed by atoms with Gasteiger partial charge in [0.25, 0.3) is 0 Å². The summed E-state index contributed by atoms with van der Waals surface area (Å²) in [6.07, 6.45) is 2.22. The monoisotopic (exact) mass is 238 g/mol. The van der Waals surface area contributed by atoms with E-state index in [4.69, 9.17) is 0 Å². The zero-order chi connectivity index (χ0) is 11.9. The van der Waals surface area contributed by atoms with E-state index in [1.165, 1.54) is 12.1 Å². The molecule has 0 unspecified atom stereocenters. The van der Waals surface area contributed by atoms with Crippen LogP contribution in [0.2, 0.25) is 0 Å². The van der Waals surface area contributed by atoms with Gasteiger partial charge in [-0.15, -0.1) is 0 Å². The van der Waals surface area contributed by atoms with Crippen molar-refractivity contribution in [3.63, 3.8) is 0 Å². The van der Waals surface area contributed by atoms with Gasteiger partial charge in [-0.2, -0.15) is 0 Å². The number of nitrogens with one attached hydrogen (secondary N) is 1. The van der Waals surface area contributed by atoms with Crippen molar-refractivity contribution in [1.82, 2.24) is 5.32 Å². The lowest BCUT2D eigenvalue weighted by atomic mass is 9.73. The fourth-order valence-corrected chi connectivity index (χ4v) is 2.79. The van der Waals surface area contributed by atoms with Gasteiger partial charge in [0.05, 0.1) is 0 Å². The Morgan fingerprint density at radius 1 is 1.00 bits per heavy atom. The highest BCUT2D eigenvalue weighted by molar-refractivity contribution is 5.47. The predicted octanol–water partition coefficient (Wildman–Crippen LogP) is 2.15. The summed E-state index contributed by atoms with van der Waals surface area (Å²) in [6.45, 7) is 3.98. The summed E-state index contributed by atoms with van der Waals surface area (Å²) in [5.74, 6) is -0.990. The number of benzene rings is 1. The number of hydrogen-bond acceptors (Lipinski definition) is 2. The Morgan fingerprint density at radius 3 is 2.06 bits per heavy atom. The topological polar surface area (TPSA) is 15.3 Å². The molecule has 0 radical (unpaired) electrons. The molecule has 2 aliphatic heterocycles. The van der Waals surface area contributed by atoms with Gasteiger partial charge < -0.3 is 10.2 Å². The Labute approximate surface area is 99.6 Å². The highest BCUT2D eigenvalue weighted by Crippen LogP contribution is 2.36. The first kappa shape index (κ1) is 11.0. The van der Waals surface area contributed by atoms with E-state index in [2.05, 4.69) is 10.2 Å². The first-order valence-corrected chi connectivity index (χ1v) is 6.09. The normalized spacial score (nSPS) is 22.6. The van der Waals surface area contributed by atoms with Gasteiger partial charge in [0.15, 0.2) is 0 Å². The van der Waals surface area contributed by atoms with E-state index in [1.807, 2.05) is 0 Å². The molecule has 0 amide bonds. The third-order valence-electron chi connectivity index (χ3n) is 4.04. The number of piperidine rings is 1. The molecular formula is C13H16F2N2. The number of nitrogens with zero attached hydrogens (tertiary/aromatic N) is 1. The third-order valence-corrected chi connectivity index (χ3v) is 4.04. The number of rotatable bonds is 1. The molecule has 0 aromatic heterocycles. The van der Waals surface area contributed by atoms with Gasteiger partial charge >= 0.3 is 0 Å². The first-order valence-electron chi connectivity index (χ1n) is 6.09. The van der Waals surface area contributed by atoms with Crippen molar-refractivity contribution >= 4 is 5.69 Å². The summed E-state index contributed by atoms with van der Waals surface area (Å²) in [5.41, 5.74) is 1.13. The van der Waals surface area contributed by atoms with Crippen LogP contribution in [-0.2, 0) is 0 Å². The molecule has 2 aliphatic rings. The number of halogens is 2. The van der Waals surface area contributed by atoms with Gasteiger partial charge in [0.1, 0.15) is 11.6 Å². The van der Waals surface area contributed by atoms with Gasteiger partial charge in [-0.05, 0) is 30.4 Å². The summed E-state index contributed by atoms with van der Waals surface area (Å²) in [6, 6.07) is 3.75. The van der Waals surface area contributed by atoms with Crippen molar-refractivity contribution in [2.45, 2.75) is 12.8 Å². The smallest absolute Gasteiger partial charge is 0.128 e. The Balaban J connectivity index is 1.73. The molecule has 0 bridgehead atoms. The molecule has 1 N–H and O–H groups in total. The fourth-order valence-electron chi connectivity index (χ4n) is 2.79. The number of hydrogen-bond donors (Lipinski definition) is 1. The third kappa shape index (κ3) is 2.02. The van der Waals surface area contributed by atoms with Crippen LogP contribution in [0, 0.1) is 17.0 Å². The quantitative estimate of drug-likeness (QED) is 0.806. The molecule has 2 saturated heterocycles. The molecule has 2 heterocycles. The van der Waals surface area contributed by atoms with Gasteiger partial charge in [-0.1, -0.05) is 0 Å². The average molecular weight is 238 g/mol. The van der Waals surface area contributed by atoms with E-state index >= 15 is 0 Å². The second kappa shape index (κ2) is 3.95. The van der Waals surface area contributed by atoms with Crippen LogP contribution in [-0.4, -0.2) is 26.2 Å². The predicted molar refractivity (Wildman–Crippen MR) is 63.1 cm³/mol. The maximum Gasteiger partial charge on any atom is 0.128 e. The summed E-state index contributed by atoms with van der Waals surface area (Å²) >= 11 is 0. The molecule has 1 aromatic carbocycles. The molecule has 1 spiro atoms. The summed E-state index contributed by atoms with van der Waals surface area (Å²) in [5, 5.41) is 3.31. The molecule has 0 aliphatic carbocycles. The highest BCUT2D eigenvalue weighted by atomic mass is 19.1. The summed E-state index contributed by atoms with van der Waals surface area (Å²) in [7, 11) is 0. The van der Waals surface area contributed by atoms with Gasteiger partial charge in [0.2, 0.25) is 0 Å². The molecule has 0 saturated carbocycles. The first-order chi connectivity index (χ1) is 8.17. The van der Waals surface area contributed by atoms with E-state index in [0.29, 0.717) is 11.1 Å². The van der Waals surface area contributed by atoms with E-state index in [9.17, 15) is 8.78 Å². The van der Waals surface area contributed by atoms with Crippen LogP contribution in [0.25, 0.3) is 0 Å². The van der Waals surface area contributed by atoms with Crippen molar-refractivity contribution in [3.05, 3.63) is 29.8 Å². The second-order valence-electron chi connectivity index (χ2n) is 5.22. The Kier molecular flexibility index (Phi) is 2.54. The van der Waals surface area contributed by atoms with Gasteiger partial charge in [-0.25, -0.2) is 8.78 Å². The standard InChI is InChI=1S/C13H16F2N2/c14-10-5-11(15)7-12(6-10)17-3-1-13(2-4-17)8-16-9-13/h5-7,16H,1-4,8-9H2. The minimum Gasteiger partial charge on any atom is -0.371 e. The van der Waals surface area contributed by atoms with Crippen LogP contribution in [0.1, 0.15) is 12.8 Å². The van der Waals surface area contributed by atoms with Crippen LogP contribution in [0.3, 0.4) is 0 Å². The zero-order valence-corrected chi connectivity index (χ0v) is 9.68. The maximum absolute atomic E-state index is 13.1. The van der Waals surface area contributed by atoms with Crippen molar-refractivity contribution in [2.75, 3.05) is 31.1 Å². The number of anilines is 1. The molecule has 4 heteroatoms. The lowest BCUT2D eigenvalue weighted by Crippen LogP contribution is -2.58. The molecule has 2 nitrogen and oxygen atoms in total. The summed E-state index contributed by atoms with van der Waals surface area (Å²) in [4.78, 5) is 2.08. The largest absolute Gasteiger partial charge is 0.371 e. The van der Waals surface area contributed by atoms with E-state index in [-0.39, 0.29) is 0 Å². The van der Waals surface area contributed by atoms with Crippen molar-refractivity contribution in [1.29, 1.82) is 0 Å². The minimum atomic E-state index is -0.495. The fraction of sp³-hybridized carbons (Fsp3) is 0.538. The zero-order valence-electron chi connectivity index (χ0n) is 9.68. The SMILES string of the molecule is Fc1cc(F)cc(N2CCC3(CC2)CNC3)c1. The van der Waals surface area contributed by atoms with E-state index in [1.54, 1.807) is 0 Å². The van der Waals surface area contributed by atoms with Crippen LogP contribution in [0.15, 0.2) is 18.2 Å². The molecule has 3 rings (SSSR count). The average Bonchev–Trinajstić information content (AvgIpc) is 2.26. The van der Waals surface area contributed by atoms with Crippen molar-refractivity contribution in [2.24, 2.45) is 5.41 Å². The maximum atomic E-state index is 13.1. The lowest BCUT2D eigenvalue weighted by molar-refractivity contribution is 0.126. The lowest BCUT2D eigenvalue weighted by Gasteiger charge is -2.48. The van der Waals surface area contributed by atoms with Crippen LogP contribution in [0.4, 0.5) is 14.5 Å². The Hall–Kier alpha value is -1.16.